The van der Waals surface area contributed by atoms with E-state index in [-0.39, 0.29) is 5.92 Å². The van der Waals surface area contributed by atoms with E-state index in [0.717, 1.165) is 11.1 Å². The molecule has 1 aliphatic carbocycles. The summed E-state index contributed by atoms with van der Waals surface area (Å²) in [4.78, 5) is 0. The summed E-state index contributed by atoms with van der Waals surface area (Å²) in [5.74, 6) is 1.17. The smallest absolute Gasteiger partial charge is 0.176 e. The van der Waals surface area contributed by atoms with Gasteiger partial charge in [0.15, 0.2) is 11.2 Å². The predicted molar refractivity (Wildman–Crippen MR) is 120 cm³/mol. The fraction of sp³-hybridized carbons (Fsp3) is 0.280. The molecule has 3 aromatic carbocycles. The van der Waals surface area contributed by atoms with Crippen molar-refractivity contribution in [3.8, 4) is 11.5 Å². The van der Waals surface area contributed by atoms with Crippen molar-refractivity contribution in [3.63, 3.8) is 0 Å². The van der Waals surface area contributed by atoms with Gasteiger partial charge in [-0.1, -0.05) is 54.1 Å². The first-order valence-electron chi connectivity index (χ1n) is 10.2. The highest BCUT2D eigenvalue weighted by atomic mass is 35.5. The van der Waals surface area contributed by atoms with Gasteiger partial charge < -0.3 is 19.7 Å². The summed E-state index contributed by atoms with van der Waals surface area (Å²) >= 11 is 11.9. The first-order valence-corrected chi connectivity index (χ1v) is 11.2. The molecule has 0 saturated heterocycles. The lowest BCUT2D eigenvalue weighted by Gasteiger charge is -2.40. The predicted octanol–water partition coefficient (Wildman–Crippen LogP) is 4.98. The zero-order chi connectivity index (χ0) is 21.6. The van der Waals surface area contributed by atoms with Gasteiger partial charge in [0.25, 0.3) is 0 Å². The number of aliphatic hydroxyl groups is 2. The summed E-state index contributed by atoms with van der Waals surface area (Å²) in [6.45, 7) is 0.363. The molecular formula is C25H22Cl2O4. The van der Waals surface area contributed by atoms with Gasteiger partial charge >= 0.3 is 0 Å². The molecule has 1 fully saturated rings. The third kappa shape index (κ3) is 2.97. The molecule has 0 bridgehead atoms. The van der Waals surface area contributed by atoms with E-state index in [1.807, 2.05) is 42.5 Å². The fourth-order valence-electron chi connectivity index (χ4n) is 5.16. The SMILES string of the molecule is O[C@@H]1C[C@@H](c2ccccc2)[C@]2(c3ccc(Cl)cc3)Oc3cc(OCCCl)ccc3[C@]12O. The van der Waals surface area contributed by atoms with Crippen molar-refractivity contribution in [1.82, 2.24) is 0 Å². The molecule has 2 N–H and O–H groups in total. The van der Waals surface area contributed by atoms with E-state index in [0.29, 0.717) is 41.0 Å². The van der Waals surface area contributed by atoms with Crippen molar-refractivity contribution in [3.05, 3.63) is 94.5 Å². The molecule has 5 rings (SSSR count). The van der Waals surface area contributed by atoms with Crippen LogP contribution in [-0.2, 0) is 11.2 Å². The molecule has 2 aliphatic rings. The van der Waals surface area contributed by atoms with Crippen molar-refractivity contribution in [2.45, 2.75) is 29.6 Å². The Kier molecular flexibility index (Phi) is 5.14. The number of fused-ring (bicyclic) bond motifs is 3. The molecule has 4 atom stereocenters. The number of halogens is 2. The molecule has 0 unspecified atom stereocenters. The quantitative estimate of drug-likeness (QED) is 0.531. The Morgan fingerprint density at radius 3 is 2.48 bits per heavy atom. The molecule has 31 heavy (non-hydrogen) atoms. The van der Waals surface area contributed by atoms with Crippen LogP contribution < -0.4 is 9.47 Å². The highest BCUT2D eigenvalue weighted by molar-refractivity contribution is 6.30. The summed E-state index contributed by atoms with van der Waals surface area (Å²) in [6.07, 6.45) is -0.670. The second kappa shape index (κ2) is 7.72. The van der Waals surface area contributed by atoms with Gasteiger partial charge in [-0.2, -0.15) is 0 Å². The van der Waals surface area contributed by atoms with E-state index in [4.69, 9.17) is 32.7 Å². The van der Waals surface area contributed by atoms with E-state index in [1.165, 1.54) is 0 Å². The Hall–Kier alpha value is -2.24. The summed E-state index contributed by atoms with van der Waals surface area (Å²) in [6, 6.07) is 22.4. The fourth-order valence-corrected chi connectivity index (χ4v) is 5.36. The van der Waals surface area contributed by atoms with E-state index >= 15 is 0 Å². The maximum absolute atomic E-state index is 12.2. The minimum Gasteiger partial charge on any atom is -0.492 e. The van der Waals surface area contributed by atoms with Gasteiger partial charge in [-0.3, -0.25) is 0 Å². The molecule has 3 aromatic rings. The number of rotatable bonds is 5. The van der Waals surface area contributed by atoms with E-state index in [1.54, 1.807) is 30.3 Å². The number of ether oxygens (including phenoxy) is 2. The lowest BCUT2D eigenvalue weighted by molar-refractivity contribution is -0.149. The van der Waals surface area contributed by atoms with Gasteiger partial charge in [-0.15, -0.1) is 11.6 Å². The van der Waals surface area contributed by atoms with Gasteiger partial charge in [0, 0.05) is 22.6 Å². The number of benzene rings is 3. The average molecular weight is 457 g/mol. The van der Waals surface area contributed by atoms with Crippen LogP contribution in [0.4, 0.5) is 0 Å². The van der Waals surface area contributed by atoms with Crippen LogP contribution in [0.1, 0.15) is 29.0 Å². The lowest BCUT2D eigenvalue weighted by Crippen LogP contribution is -2.51. The van der Waals surface area contributed by atoms with Crippen LogP contribution >= 0.6 is 23.2 Å². The second-order valence-electron chi connectivity index (χ2n) is 8.02. The Morgan fingerprint density at radius 1 is 1.03 bits per heavy atom. The van der Waals surface area contributed by atoms with E-state index in [2.05, 4.69) is 0 Å². The second-order valence-corrected chi connectivity index (χ2v) is 8.84. The van der Waals surface area contributed by atoms with Crippen LogP contribution in [0, 0.1) is 0 Å². The monoisotopic (exact) mass is 456 g/mol. The summed E-state index contributed by atoms with van der Waals surface area (Å²) < 4.78 is 12.3. The average Bonchev–Trinajstić information content (AvgIpc) is 3.18. The molecular weight excluding hydrogens is 435 g/mol. The zero-order valence-corrected chi connectivity index (χ0v) is 18.2. The Morgan fingerprint density at radius 2 is 1.77 bits per heavy atom. The zero-order valence-electron chi connectivity index (χ0n) is 16.7. The molecule has 1 aliphatic heterocycles. The third-order valence-corrected chi connectivity index (χ3v) is 6.86. The minimum absolute atomic E-state index is 0.283. The molecule has 6 heteroatoms. The maximum atomic E-state index is 12.2. The van der Waals surface area contributed by atoms with Gasteiger partial charge in [0.2, 0.25) is 0 Å². The van der Waals surface area contributed by atoms with Gasteiger partial charge in [-0.05, 0) is 41.8 Å². The Balaban J connectivity index is 1.71. The largest absolute Gasteiger partial charge is 0.492 e. The summed E-state index contributed by atoms with van der Waals surface area (Å²) in [5, 5.41) is 24.0. The first-order chi connectivity index (χ1) is 15.0. The topological polar surface area (TPSA) is 58.9 Å². The van der Waals surface area contributed by atoms with E-state index < -0.39 is 17.3 Å². The van der Waals surface area contributed by atoms with Crippen LogP contribution in [-0.4, -0.2) is 28.8 Å². The lowest BCUT2D eigenvalue weighted by atomic mass is 9.71. The van der Waals surface area contributed by atoms with Crippen molar-refractivity contribution in [2.75, 3.05) is 12.5 Å². The van der Waals surface area contributed by atoms with Gasteiger partial charge in [0.1, 0.15) is 18.1 Å². The third-order valence-electron chi connectivity index (χ3n) is 6.45. The van der Waals surface area contributed by atoms with Crippen LogP contribution in [0.15, 0.2) is 72.8 Å². The highest BCUT2D eigenvalue weighted by Crippen LogP contribution is 2.66. The van der Waals surface area contributed by atoms with Gasteiger partial charge in [-0.25, -0.2) is 0 Å². The molecule has 4 nitrogen and oxygen atoms in total. The highest BCUT2D eigenvalue weighted by Gasteiger charge is 2.72. The maximum Gasteiger partial charge on any atom is 0.176 e. The van der Waals surface area contributed by atoms with Crippen LogP contribution in [0.2, 0.25) is 5.02 Å². The first kappa shape index (κ1) is 20.7. The summed E-state index contributed by atoms with van der Waals surface area (Å²) in [7, 11) is 0. The minimum atomic E-state index is -1.64. The number of hydrogen-bond acceptors (Lipinski definition) is 4. The molecule has 160 valence electrons. The van der Waals surface area contributed by atoms with Crippen molar-refractivity contribution in [2.24, 2.45) is 0 Å². The Labute approximate surface area is 191 Å². The molecule has 0 aromatic heterocycles. The van der Waals surface area contributed by atoms with E-state index in [9.17, 15) is 10.2 Å². The van der Waals surface area contributed by atoms with Crippen molar-refractivity contribution in [1.29, 1.82) is 0 Å². The molecule has 0 spiro atoms. The van der Waals surface area contributed by atoms with Gasteiger partial charge in [0.05, 0.1) is 12.0 Å². The van der Waals surface area contributed by atoms with Crippen molar-refractivity contribution < 1.29 is 19.7 Å². The molecule has 1 heterocycles. The summed E-state index contributed by atoms with van der Waals surface area (Å²) in [5.41, 5.74) is -0.567. The standard InChI is InChI=1S/C25H22Cl2O4/c26-12-13-30-19-10-11-20-22(14-19)31-25(17-6-8-18(27)9-7-17)21(15-23(28)24(20,25)29)16-4-2-1-3-5-16/h1-11,14,21,23,28-29H,12-13,15H2/t21-,23+,24-,25-/m0/s1. The molecule has 1 saturated carbocycles. The number of alkyl halides is 1. The number of aliphatic hydroxyl groups excluding tert-OH is 1. The van der Waals surface area contributed by atoms with Crippen LogP contribution in [0.5, 0.6) is 11.5 Å². The molecule has 0 amide bonds. The number of hydrogen-bond donors (Lipinski definition) is 2. The Bertz CT molecular complexity index is 1090. The van der Waals surface area contributed by atoms with Crippen LogP contribution in [0.25, 0.3) is 0 Å². The van der Waals surface area contributed by atoms with Crippen LogP contribution in [0.3, 0.4) is 0 Å². The van der Waals surface area contributed by atoms with Crippen molar-refractivity contribution >= 4 is 23.2 Å². The normalized spacial score (nSPS) is 28.6. The molecule has 0 radical (unpaired) electrons.